The fourth-order valence-electron chi connectivity index (χ4n) is 2.09. The summed E-state index contributed by atoms with van der Waals surface area (Å²) < 4.78 is 1.10. The van der Waals surface area contributed by atoms with E-state index in [1.807, 2.05) is 18.2 Å². The summed E-state index contributed by atoms with van der Waals surface area (Å²) in [6.07, 6.45) is 0. The molecular weight excluding hydrogens is 322 g/mol. The number of nitrogens with one attached hydrogen (secondary N) is 1. The van der Waals surface area contributed by atoms with Crippen LogP contribution in [0.15, 0.2) is 53.0 Å². The Balaban J connectivity index is 2.06. The molecule has 3 heteroatoms. The van der Waals surface area contributed by atoms with Crippen LogP contribution in [0.3, 0.4) is 0 Å². The molecule has 1 N–H and O–H groups in total. The SMILES string of the molecule is CC(N[C@H](C)c1ccc(Br)cc1)c1cccc(Cl)c1. The number of hydrogen-bond donors (Lipinski definition) is 1. The molecule has 0 radical (unpaired) electrons. The molecule has 2 aromatic carbocycles. The molecule has 0 aliphatic carbocycles. The fourth-order valence-corrected chi connectivity index (χ4v) is 2.56. The van der Waals surface area contributed by atoms with Crippen LogP contribution in [0.25, 0.3) is 0 Å². The van der Waals surface area contributed by atoms with Crippen molar-refractivity contribution >= 4 is 27.5 Å². The molecule has 0 aromatic heterocycles. The highest BCUT2D eigenvalue weighted by Gasteiger charge is 2.11. The first-order valence-corrected chi connectivity index (χ1v) is 7.50. The summed E-state index contributed by atoms with van der Waals surface area (Å²) in [5.74, 6) is 0. The minimum Gasteiger partial charge on any atom is -0.304 e. The molecule has 19 heavy (non-hydrogen) atoms. The molecule has 0 saturated heterocycles. The molecule has 0 amide bonds. The van der Waals surface area contributed by atoms with Crippen molar-refractivity contribution < 1.29 is 0 Å². The maximum Gasteiger partial charge on any atom is 0.0409 e. The summed E-state index contributed by atoms with van der Waals surface area (Å²) in [6.45, 7) is 4.32. The second kappa shape index (κ2) is 6.56. The monoisotopic (exact) mass is 337 g/mol. The van der Waals surface area contributed by atoms with E-state index < -0.39 is 0 Å². The molecule has 100 valence electrons. The van der Waals surface area contributed by atoms with Crippen LogP contribution in [0.4, 0.5) is 0 Å². The van der Waals surface area contributed by atoms with Gasteiger partial charge in [-0.3, -0.25) is 0 Å². The first-order chi connectivity index (χ1) is 9.06. The van der Waals surface area contributed by atoms with E-state index in [1.54, 1.807) is 0 Å². The highest BCUT2D eigenvalue weighted by Crippen LogP contribution is 2.22. The van der Waals surface area contributed by atoms with Crippen LogP contribution >= 0.6 is 27.5 Å². The minimum absolute atomic E-state index is 0.261. The van der Waals surface area contributed by atoms with Gasteiger partial charge in [-0.2, -0.15) is 0 Å². The summed E-state index contributed by atoms with van der Waals surface area (Å²) in [5.41, 5.74) is 2.48. The average molecular weight is 339 g/mol. The van der Waals surface area contributed by atoms with Crippen molar-refractivity contribution in [1.29, 1.82) is 0 Å². The van der Waals surface area contributed by atoms with Gasteiger partial charge >= 0.3 is 0 Å². The molecule has 1 unspecified atom stereocenters. The quantitative estimate of drug-likeness (QED) is 0.774. The Morgan fingerprint density at radius 3 is 2.21 bits per heavy atom. The molecule has 0 aliphatic heterocycles. The molecule has 0 heterocycles. The smallest absolute Gasteiger partial charge is 0.0409 e. The number of hydrogen-bond acceptors (Lipinski definition) is 1. The molecule has 0 aliphatic rings. The average Bonchev–Trinajstić information content (AvgIpc) is 2.39. The van der Waals surface area contributed by atoms with Gasteiger partial charge in [-0.15, -0.1) is 0 Å². The maximum atomic E-state index is 6.03. The van der Waals surface area contributed by atoms with Crippen LogP contribution in [0.5, 0.6) is 0 Å². The van der Waals surface area contributed by atoms with Crippen LogP contribution < -0.4 is 5.32 Å². The number of rotatable bonds is 4. The first kappa shape index (κ1) is 14.6. The largest absolute Gasteiger partial charge is 0.304 e. The molecule has 0 saturated carbocycles. The van der Waals surface area contributed by atoms with Crippen LogP contribution in [0.2, 0.25) is 5.02 Å². The summed E-state index contributed by atoms with van der Waals surface area (Å²) in [5, 5.41) is 4.37. The summed E-state index contributed by atoms with van der Waals surface area (Å²) in [7, 11) is 0. The predicted octanol–water partition coefficient (Wildman–Crippen LogP) is 5.51. The van der Waals surface area contributed by atoms with E-state index in [2.05, 4.69) is 65.4 Å². The van der Waals surface area contributed by atoms with Crippen molar-refractivity contribution in [2.24, 2.45) is 0 Å². The van der Waals surface area contributed by atoms with Gasteiger partial charge < -0.3 is 5.32 Å². The highest BCUT2D eigenvalue weighted by molar-refractivity contribution is 9.10. The van der Waals surface area contributed by atoms with Gasteiger partial charge in [0.1, 0.15) is 0 Å². The van der Waals surface area contributed by atoms with Gasteiger partial charge in [0.2, 0.25) is 0 Å². The van der Waals surface area contributed by atoms with E-state index in [-0.39, 0.29) is 6.04 Å². The molecule has 0 spiro atoms. The third-order valence-electron chi connectivity index (χ3n) is 3.22. The summed E-state index contributed by atoms with van der Waals surface area (Å²) in [6, 6.07) is 16.9. The van der Waals surface area contributed by atoms with E-state index >= 15 is 0 Å². The van der Waals surface area contributed by atoms with Crippen molar-refractivity contribution in [3.05, 3.63) is 69.2 Å². The topological polar surface area (TPSA) is 12.0 Å². The van der Waals surface area contributed by atoms with Crippen molar-refractivity contribution in [2.75, 3.05) is 0 Å². The van der Waals surface area contributed by atoms with Gasteiger partial charge in [0.15, 0.2) is 0 Å². The van der Waals surface area contributed by atoms with Crippen LogP contribution in [0.1, 0.15) is 37.1 Å². The van der Waals surface area contributed by atoms with E-state index in [0.717, 1.165) is 9.50 Å². The van der Waals surface area contributed by atoms with Gasteiger partial charge in [-0.1, -0.05) is 51.8 Å². The van der Waals surface area contributed by atoms with Gasteiger partial charge in [-0.25, -0.2) is 0 Å². The van der Waals surface area contributed by atoms with E-state index in [4.69, 9.17) is 11.6 Å². The Morgan fingerprint density at radius 1 is 0.947 bits per heavy atom. The zero-order chi connectivity index (χ0) is 13.8. The number of halogens is 2. The van der Waals surface area contributed by atoms with Crippen LogP contribution in [-0.4, -0.2) is 0 Å². The molecule has 1 nitrogen and oxygen atoms in total. The Hall–Kier alpha value is -0.830. The lowest BCUT2D eigenvalue weighted by Crippen LogP contribution is -2.22. The van der Waals surface area contributed by atoms with Crippen molar-refractivity contribution in [1.82, 2.24) is 5.32 Å². The van der Waals surface area contributed by atoms with Gasteiger partial charge in [0.05, 0.1) is 0 Å². The van der Waals surface area contributed by atoms with E-state index in [9.17, 15) is 0 Å². The Bertz CT molecular complexity index is 539. The van der Waals surface area contributed by atoms with Crippen LogP contribution in [-0.2, 0) is 0 Å². The zero-order valence-corrected chi connectivity index (χ0v) is 13.4. The van der Waals surface area contributed by atoms with E-state index in [1.165, 1.54) is 11.1 Å². The minimum atomic E-state index is 0.261. The maximum absolute atomic E-state index is 6.03. The Labute approximate surface area is 128 Å². The standard InChI is InChI=1S/C16H17BrClN/c1-11(13-6-8-15(17)9-7-13)19-12(2)14-4-3-5-16(18)10-14/h3-12,19H,1-2H3/t11-,12?/m1/s1. The zero-order valence-electron chi connectivity index (χ0n) is 11.0. The van der Waals surface area contributed by atoms with Crippen molar-refractivity contribution in [3.8, 4) is 0 Å². The summed E-state index contributed by atoms with van der Waals surface area (Å²) >= 11 is 9.48. The van der Waals surface area contributed by atoms with Gasteiger partial charge in [0, 0.05) is 21.6 Å². The summed E-state index contributed by atoms with van der Waals surface area (Å²) in [4.78, 5) is 0. The Kier molecular flexibility index (Phi) is 5.03. The third kappa shape index (κ3) is 4.07. The molecule has 2 rings (SSSR count). The van der Waals surface area contributed by atoms with Crippen molar-refractivity contribution in [2.45, 2.75) is 25.9 Å². The normalized spacial score (nSPS) is 14.1. The molecule has 2 aromatic rings. The Morgan fingerprint density at radius 2 is 1.58 bits per heavy atom. The lowest BCUT2D eigenvalue weighted by molar-refractivity contribution is 0.494. The van der Waals surface area contributed by atoms with E-state index in [0.29, 0.717) is 6.04 Å². The second-order valence-electron chi connectivity index (χ2n) is 4.72. The number of benzene rings is 2. The lowest BCUT2D eigenvalue weighted by atomic mass is 10.0. The van der Waals surface area contributed by atoms with Gasteiger partial charge in [0.25, 0.3) is 0 Å². The molecule has 0 fully saturated rings. The molecule has 2 atom stereocenters. The first-order valence-electron chi connectivity index (χ1n) is 6.33. The van der Waals surface area contributed by atoms with Crippen molar-refractivity contribution in [3.63, 3.8) is 0 Å². The molecular formula is C16H17BrClN. The predicted molar refractivity (Wildman–Crippen MR) is 85.6 cm³/mol. The fraction of sp³-hybridized carbons (Fsp3) is 0.250. The highest BCUT2D eigenvalue weighted by atomic mass is 79.9. The lowest BCUT2D eigenvalue weighted by Gasteiger charge is -2.21. The molecule has 0 bridgehead atoms. The van der Waals surface area contributed by atoms with Gasteiger partial charge in [-0.05, 0) is 49.2 Å². The second-order valence-corrected chi connectivity index (χ2v) is 6.07. The van der Waals surface area contributed by atoms with Crippen LogP contribution in [0, 0.1) is 0 Å². The third-order valence-corrected chi connectivity index (χ3v) is 3.98.